The first-order chi connectivity index (χ1) is 12.2. The maximum atomic E-state index is 12.3. The highest BCUT2D eigenvalue weighted by Crippen LogP contribution is 2.25. The number of likely N-dealkylation sites (tertiary alicyclic amines) is 1. The summed E-state index contributed by atoms with van der Waals surface area (Å²) in [5.74, 6) is 0.763. The zero-order valence-corrected chi connectivity index (χ0v) is 14.9. The van der Waals surface area contributed by atoms with Crippen LogP contribution in [0.4, 0.5) is 0 Å². The quantitative estimate of drug-likeness (QED) is 0.702. The van der Waals surface area contributed by atoms with E-state index in [1.54, 1.807) is 17.5 Å². The van der Waals surface area contributed by atoms with Crippen LogP contribution in [0.15, 0.2) is 24.4 Å². The van der Waals surface area contributed by atoms with Crippen LogP contribution in [-0.4, -0.2) is 50.5 Å². The van der Waals surface area contributed by atoms with Gasteiger partial charge in [0.25, 0.3) is 0 Å². The molecule has 0 amide bonds. The summed E-state index contributed by atoms with van der Waals surface area (Å²) < 4.78 is 0. The van der Waals surface area contributed by atoms with Gasteiger partial charge in [-0.2, -0.15) is 0 Å². The number of aryl methyl sites for hydroxylation is 1. The third-order valence-electron chi connectivity index (χ3n) is 4.36. The van der Waals surface area contributed by atoms with Gasteiger partial charge in [0.05, 0.1) is 18.5 Å². The van der Waals surface area contributed by atoms with Gasteiger partial charge in [-0.1, -0.05) is 23.5 Å². The van der Waals surface area contributed by atoms with Gasteiger partial charge in [-0.25, -0.2) is 9.97 Å². The minimum absolute atomic E-state index is 0.178. The zero-order chi connectivity index (χ0) is 17.2. The average molecular weight is 353 g/mol. The van der Waals surface area contributed by atoms with E-state index in [4.69, 9.17) is 0 Å². The highest BCUT2D eigenvalue weighted by Gasteiger charge is 2.16. The second-order valence-electron chi connectivity index (χ2n) is 6.38. The molecule has 0 aliphatic carbocycles. The van der Waals surface area contributed by atoms with Crippen molar-refractivity contribution in [1.82, 2.24) is 25.1 Å². The van der Waals surface area contributed by atoms with Crippen molar-refractivity contribution >= 4 is 28.0 Å². The lowest BCUT2D eigenvalue weighted by Crippen LogP contribution is -2.28. The summed E-state index contributed by atoms with van der Waals surface area (Å²) in [4.78, 5) is 23.4. The minimum Gasteiger partial charge on any atom is -0.298 e. The van der Waals surface area contributed by atoms with Gasteiger partial charge in [0.15, 0.2) is 5.78 Å². The summed E-state index contributed by atoms with van der Waals surface area (Å²) in [6.45, 7) is 4.49. The molecular weight excluding hydrogens is 334 g/mol. The molecule has 1 fully saturated rings. The number of hydrogen-bond acceptors (Lipinski definition) is 7. The lowest BCUT2D eigenvalue weighted by atomic mass is 10.1. The van der Waals surface area contributed by atoms with Gasteiger partial charge in [-0.3, -0.25) is 9.69 Å². The number of benzene rings is 1. The topological polar surface area (TPSA) is 71.9 Å². The average Bonchev–Trinajstić information content (AvgIpc) is 3.26. The Morgan fingerprint density at radius 3 is 2.84 bits per heavy atom. The fourth-order valence-electron chi connectivity index (χ4n) is 3.12. The predicted octanol–water partition coefficient (Wildman–Crippen LogP) is 2.66. The molecule has 1 saturated heterocycles. The Bertz CT molecular complexity index is 917. The van der Waals surface area contributed by atoms with E-state index in [1.165, 1.54) is 12.8 Å². The molecule has 0 unspecified atom stereocenters. The lowest BCUT2D eigenvalue weighted by molar-refractivity contribution is -0.119. The largest absolute Gasteiger partial charge is 0.298 e. The summed E-state index contributed by atoms with van der Waals surface area (Å²) in [6, 6.07) is 5.98. The molecule has 6 nitrogen and oxygen atoms in total. The number of Topliss-reactive ketones (excluding diaryl/α,β-unsaturated/α-hetero) is 1. The molecule has 2 aromatic heterocycles. The molecule has 1 aromatic carbocycles. The second kappa shape index (κ2) is 6.93. The molecular formula is C18H19N5OS. The van der Waals surface area contributed by atoms with Crippen LogP contribution in [0.2, 0.25) is 0 Å². The molecule has 3 heterocycles. The van der Waals surface area contributed by atoms with Crippen LogP contribution >= 0.6 is 11.3 Å². The molecule has 1 aliphatic rings. The van der Waals surface area contributed by atoms with Gasteiger partial charge in [0.2, 0.25) is 0 Å². The second-order valence-corrected chi connectivity index (χ2v) is 7.57. The summed E-state index contributed by atoms with van der Waals surface area (Å²) >= 11 is 1.56. The first kappa shape index (κ1) is 16.2. The number of nitrogens with zero attached hydrogens (tertiary/aromatic N) is 5. The van der Waals surface area contributed by atoms with E-state index in [2.05, 4.69) is 25.1 Å². The summed E-state index contributed by atoms with van der Waals surface area (Å²) in [7, 11) is 0. The first-order valence-corrected chi connectivity index (χ1v) is 9.29. The third-order valence-corrected chi connectivity index (χ3v) is 5.25. The van der Waals surface area contributed by atoms with Crippen molar-refractivity contribution < 1.29 is 4.79 Å². The van der Waals surface area contributed by atoms with Crippen molar-refractivity contribution in [2.75, 3.05) is 19.6 Å². The van der Waals surface area contributed by atoms with Crippen LogP contribution in [0.3, 0.4) is 0 Å². The Kier molecular flexibility index (Phi) is 4.50. The van der Waals surface area contributed by atoms with Crippen molar-refractivity contribution in [3.05, 3.63) is 35.2 Å². The standard InChI is InChI=1S/C18H19N5OS/c1-12-21-22-18(25-12)13-4-5-14-10-19-17(20-16(14)8-13)9-15(24)11-23-6-2-3-7-23/h4-5,8,10H,2-3,6-7,9,11H2,1H3. The van der Waals surface area contributed by atoms with E-state index in [9.17, 15) is 4.79 Å². The Labute approximate surface area is 149 Å². The van der Waals surface area contributed by atoms with Gasteiger partial charge in [-0.15, -0.1) is 10.2 Å². The highest BCUT2D eigenvalue weighted by atomic mass is 32.1. The molecule has 0 saturated carbocycles. The summed E-state index contributed by atoms with van der Waals surface area (Å²) in [5.41, 5.74) is 1.83. The monoisotopic (exact) mass is 353 g/mol. The molecule has 0 atom stereocenters. The maximum absolute atomic E-state index is 12.3. The van der Waals surface area contributed by atoms with Gasteiger partial charge in [-0.05, 0) is 38.9 Å². The highest BCUT2D eigenvalue weighted by molar-refractivity contribution is 7.14. The van der Waals surface area contributed by atoms with Crippen LogP contribution in [0.5, 0.6) is 0 Å². The van der Waals surface area contributed by atoms with E-state index >= 15 is 0 Å². The number of hydrogen-bond donors (Lipinski definition) is 0. The minimum atomic E-state index is 0.178. The van der Waals surface area contributed by atoms with E-state index in [-0.39, 0.29) is 12.2 Å². The molecule has 7 heteroatoms. The number of aromatic nitrogens is 4. The van der Waals surface area contributed by atoms with E-state index in [0.717, 1.165) is 39.6 Å². The number of carbonyl (C=O) groups is 1. The zero-order valence-electron chi connectivity index (χ0n) is 14.1. The fraction of sp³-hybridized carbons (Fsp3) is 0.389. The van der Waals surface area contributed by atoms with Crippen molar-refractivity contribution in [3.8, 4) is 10.6 Å². The van der Waals surface area contributed by atoms with Crippen molar-refractivity contribution in [1.29, 1.82) is 0 Å². The molecule has 25 heavy (non-hydrogen) atoms. The first-order valence-electron chi connectivity index (χ1n) is 8.47. The Hall–Kier alpha value is -2.25. The van der Waals surface area contributed by atoms with Gasteiger partial charge < -0.3 is 0 Å². The molecule has 1 aliphatic heterocycles. The molecule has 0 spiro atoms. The molecule has 0 bridgehead atoms. The van der Waals surface area contributed by atoms with Crippen molar-refractivity contribution in [2.45, 2.75) is 26.2 Å². The molecule has 4 rings (SSSR count). The van der Waals surface area contributed by atoms with Crippen LogP contribution in [0, 0.1) is 6.92 Å². The number of carbonyl (C=O) groups excluding carboxylic acids is 1. The van der Waals surface area contributed by atoms with Crippen LogP contribution in [-0.2, 0) is 11.2 Å². The van der Waals surface area contributed by atoms with Gasteiger partial charge in [0, 0.05) is 17.1 Å². The molecule has 0 N–H and O–H groups in total. The normalized spacial score (nSPS) is 15.1. The number of fused-ring (bicyclic) bond motifs is 1. The summed E-state index contributed by atoms with van der Waals surface area (Å²) in [6.07, 6.45) is 4.45. The van der Waals surface area contributed by atoms with E-state index in [0.29, 0.717) is 12.4 Å². The molecule has 3 aromatic rings. The van der Waals surface area contributed by atoms with Gasteiger partial charge in [0.1, 0.15) is 15.8 Å². The Morgan fingerprint density at radius 1 is 1.24 bits per heavy atom. The van der Waals surface area contributed by atoms with E-state index < -0.39 is 0 Å². The lowest BCUT2D eigenvalue weighted by Gasteiger charge is -2.12. The SMILES string of the molecule is Cc1nnc(-c2ccc3cnc(CC(=O)CN4CCCC4)nc3c2)s1. The van der Waals surface area contributed by atoms with Gasteiger partial charge >= 0.3 is 0 Å². The molecule has 0 radical (unpaired) electrons. The van der Waals surface area contributed by atoms with Crippen LogP contribution < -0.4 is 0 Å². The third kappa shape index (κ3) is 3.72. The Morgan fingerprint density at radius 2 is 2.08 bits per heavy atom. The number of rotatable bonds is 5. The van der Waals surface area contributed by atoms with Crippen molar-refractivity contribution in [2.24, 2.45) is 0 Å². The van der Waals surface area contributed by atoms with Crippen molar-refractivity contribution in [3.63, 3.8) is 0 Å². The van der Waals surface area contributed by atoms with E-state index in [1.807, 2.05) is 25.1 Å². The fourth-order valence-corrected chi connectivity index (χ4v) is 3.80. The molecule has 128 valence electrons. The number of ketones is 1. The predicted molar refractivity (Wildman–Crippen MR) is 97.6 cm³/mol. The summed E-state index contributed by atoms with van der Waals surface area (Å²) in [5, 5.41) is 11.0. The smallest absolute Gasteiger partial charge is 0.154 e. The van der Waals surface area contributed by atoms with Crippen LogP contribution in [0.25, 0.3) is 21.5 Å². The van der Waals surface area contributed by atoms with Crippen LogP contribution in [0.1, 0.15) is 23.7 Å². The maximum Gasteiger partial charge on any atom is 0.154 e. The Balaban J connectivity index is 1.54.